The van der Waals surface area contributed by atoms with E-state index in [1.54, 1.807) is 0 Å². The van der Waals surface area contributed by atoms with Crippen LogP contribution in [0.25, 0.3) is 0 Å². The molecule has 0 amide bonds. The Balaban J connectivity index is 1.81. The van der Waals surface area contributed by atoms with E-state index in [2.05, 4.69) is 0 Å². The van der Waals surface area contributed by atoms with E-state index in [4.69, 9.17) is 25.8 Å². The van der Waals surface area contributed by atoms with Crippen LogP contribution >= 0.6 is 11.6 Å². The van der Waals surface area contributed by atoms with E-state index in [9.17, 15) is 0 Å². The van der Waals surface area contributed by atoms with Crippen molar-refractivity contribution in [2.45, 2.75) is 18.4 Å². The number of ether oxygens (including phenoxy) is 3. The van der Waals surface area contributed by atoms with Crippen molar-refractivity contribution in [3.8, 4) is 17.2 Å². The van der Waals surface area contributed by atoms with E-state index in [-0.39, 0.29) is 5.60 Å². The molecule has 3 rings (SSSR count). The molecule has 1 aliphatic carbocycles. The van der Waals surface area contributed by atoms with Gasteiger partial charge in [-0.05, 0) is 25.0 Å². The molecule has 3 nitrogen and oxygen atoms in total. The molecule has 1 heterocycles. The van der Waals surface area contributed by atoms with E-state index in [1.165, 1.54) is 0 Å². The predicted octanol–water partition coefficient (Wildman–Crippen LogP) is 2.57. The van der Waals surface area contributed by atoms with Crippen molar-refractivity contribution >= 4 is 11.6 Å². The molecule has 0 saturated heterocycles. The molecule has 15 heavy (non-hydrogen) atoms. The van der Waals surface area contributed by atoms with Gasteiger partial charge < -0.3 is 14.2 Å². The number of fused-ring (bicyclic) bond motifs is 1. The Labute approximate surface area is 92.9 Å². The molecule has 1 fully saturated rings. The zero-order valence-corrected chi connectivity index (χ0v) is 8.92. The summed E-state index contributed by atoms with van der Waals surface area (Å²) in [6, 6.07) is 5.61. The predicted molar refractivity (Wildman–Crippen MR) is 55.9 cm³/mol. The highest BCUT2D eigenvalue weighted by Crippen LogP contribution is 2.43. The van der Waals surface area contributed by atoms with Crippen molar-refractivity contribution in [3.05, 3.63) is 18.2 Å². The number of hydrogen-bond acceptors (Lipinski definition) is 3. The highest BCUT2D eigenvalue weighted by atomic mass is 35.5. The number of halogens is 1. The minimum Gasteiger partial charge on any atom is -0.486 e. The lowest BCUT2D eigenvalue weighted by Gasteiger charge is -2.15. The second-order valence-corrected chi connectivity index (χ2v) is 4.20. The summed E-state index contributed by atoms with van der Waals surface area (Å²) in [5.41, 5.74) is -0.130. The molecular formula is C11H11ClO3. The third-order valence-corrected chi connectivity index (χ3v) is 3.22. The number of alkyl halides is 1. The van der Waals surface area contributed by atoms with E-state index in [1.807, 2.05) is 18.2 Å². The number of benzene rings is 1. The molecule has 80 valence electrons. The maximum atomic E-state index is 5.84. The molecule has 0 N–H and O–H groups in total. The van der Waals surface area contributed by atoms with E-state index in [0.29, 0.717) is 12.7 Å². The highest BCUT2D eigenvalue weighted by Gasteiger charge is 2.44. The van der Waals surface area contributed by atoms with Crippen LogP contribution in [0.4, 0.5) is 0 Å². The molecule has 1 aromatic rings. The van der Waals surface area contributed by atoms with Gasteiger partial charge >= 0.3 is 0 Å². The van der Waals surface area contributed by atoms with E-state index >= 15 is 0 Å². The molecule has 4 heteroatoms. The molecule has 1 aliphatic heterocycles. The molecule has 0 atom stereocenters. The maximum Gasteiger partial charge on any atom is 0.231 e. The lowest BCUT2D eigenvalue weighted by molar-refractivity contribution is 0.173. The summed E-state index contributed by atoms with van der Waals surface area (Å²) < 4.78 is 16.3. The van der Waals surface area contributed by atoms with Gasteiger partial charge in [-0.25, -0.2) is 0 Å². The molecule has 0 aromatic heterocycles. The molecule has 0 bridgehead atoms. The van der Waals surface area contributed by atoms with Crippen LogP contribution in [-0.4, -0.2) is 18.3 Å². The monoisotopic (exact) mass is 226 g/mol. The van der Waals surface area contributed by atoms with Gasteiger partial charge in [-0.15, -0.1) is 11.6 Å². The van der Waals surface area contributed by atoms with Crippen LogP contribution in [0.1, 0.15) is 12.8 Å². The van der Waals surface area contributed by atoms with Crippen LogP contribution in [0.5, 0.6) is 17.2 Å². The van der Waals surface area contributed by atoms with Gasteiger partial charge in [0, 0.05) is 6.07 Å². The van der Waals surface area contributed by atoms with Crippen molar-refractivity contribution in [2.75, 3.05) is 12.7 Å². The minimum absolute atomic E-state index is 0.130. The summed E-state index contributed by atoms with van der Waals surface area (Å²) in [7, 11) is 0. The van der Waals surface area contributed by atoms with Gasteiger partial charge in [0.15, 0.2) is 11.5 Å². The Bertz CT molecular complexity index is 387. The van der Waals surface area contributed by atoms with Crippen molar-refractivity contribution < 1.29 is 14.2 Å². The normalized spacial score (nSPS) is 20.1. The molecular weight excluding hydrogens is 216 g/mol. The van der Waals surface area contributed by atoms with Gasteiger partial charge in [0.2, 0.25) is 6.79 Å². The van der Waals surface area contributed by atoms with Crippen LogP contribution < -0.4 is 14.2 Å². The maximum absolute atomic E-state index is 5.84. The number of hydrogen-bond donors (Lipinski definition) is 0. The van der Waals surface area contributed by atoms with Gasteiger partial charge in [0.05, 0.1) is 5.88 Å². The first-order valence-electron chi connectivity index (χ1n) is 4.96. The zero-order valence-electron chi connectivity index (χ0n) is 8.16. The lowest BCUT2D eigenvalue weighted by Crippen LogP contribution is -2.19. The molecule has 0 unspecified atom stereocenters. The van der Waals surface area contributed by atoms with Gasteiger partial charge in [0.1, 0.15) is 11.4 Å². The Morgan fingerprint density at radius 1 is 1.27 bits per heavy atom. The quantitative estimate of drug-likeness (QED) is 0.742. The summed E-state index contributed by atoms with van der Waals surface area (Å²) in [5.74, 6) is 2.87. The lowest BCUT2D eigenvalue weighted by atomic mass is 10.3. The SMILES string of the molecule is ClCC1(Oc2ccc3c(c2)OCO3)CC1. The van der Waals surface area contributed by atoms with Crippen LogP contribution in [0.15, 0.2) is 18.2 Å². The fourth-order valence-electron chi connectivity index (χ4n) is 1.59. The van der Waals surface area contributed by atoms with Crippen LogP contribution in [-0.2, 0) is 0 Å². The van der Waals surface area contributed by atoms with Crippen LogP contribution in [0, 0.1) is 0 Å². The summed E-state index contributed by atoms with van der Waals surface area (Å²) in [4.78, 5) is 0. The molecule has 0 spiro atoms. The van der Waals surface area contributed by atoms with E-state index < -0.39 is 0 Å². The Morgan fingerprint density at radius 2 is 2.07 bits per heavy atom. The second kappa shape index (κ2) is 3.20. The average Bonchev–Trinajstić information content (AvgIpc) is 2.88. The zero-order chi connectivity index (χ0) is 10.3. The van der Waals surface area contributed by atoms with Crippen LogP contribution in [0.3, 0.4) is 0 Å². The average molecular weight is 227 g/mol. The van der Waals surface area contributed by atoms with Gasteiger partial charge in [-0.3, -0.25) is 0 Å². The molecule has 2 aliphatic rings. The molecule has 1 aromatic carbocycles. The smallest absolute Gasteiger partial charge is 0.231 e. The Kier molecular flexibility index (Phi) is 1.96. The largest absolute Gasteiger partial charge is 0.486 e. The summed E-state index contributed by atoms with van der Waals surface area (Å²) in [5, 5.41) is 0. The first-order valence-corrected chi connectivity index (χ1v) is 5.49. The van der Waals surface area contributed by atoms with Crippen LogP contribution in [0.2, 0.25) is 0 Å². The van der Waals surface area contributed by atoms with Gasteiger partial charge in [-0.2, -0.15) is 0 Å². The van der Waals surface area contributed by atoms with Crippen molar-refractivity contribution in [2.24, 2.45) is 0 Å². The summed E-state index contributed by atoms with van der Waals surface area (Å²) in [6.07, 6.45) is 2.07. The first-order chi connectivity index (χ1) is 7.31. The standard InChI is InChI=1S/C11H11ClO3/c12-6-11(3-4-11)15-8-1-2-9-10(5-8)14-7-13-9/h1-2,5H,3-4,6-7H2. The molecule has 0 radical (unpaired) electrons. The highest BCUT2D eigenvalue weighted by molar-refractivity contribution is 6.18. The van der Waals surface area contributed by atoms with Crippen molar-refractivity contribution in [1.82, 2.24) is 0 Å². The van der Waals surface area contributed by atoms with E-state index in [0.717, 1.165) is 30.1 Å². The first kappa shape index (κ1) is 9.16. The fourth-order valence-corrected chi connectivity index (χ4v) is 1.91. The molecule has 1 saturated carbocycles. The summed E-state index contributed by atoms with van der Waals surface area (Å²) in [6.45, 7) is 0.291. The Hall–Kier alpha value is -1.09. The number of rotatable bonds is 3. The fraction of sp³-hybridized carbons (Fsp3) is 0.455. The van der Waals surface area contributed by atoms with Gasteiger partial charge in [0.25, 0.3) is 0 Å². The second-order valence-electron chi connectivity index (χ2n) is 3.93. The van der Waals surface area contributed by atoms with Crippen molar-refractivity contribution in [1.29, 1.82) is 0 Å². The third kappa shape index (κ3) is 1.61. The third-order valence-electron chi connectivity index (χ3n) is 2.73. The van der Waals surface area contributed by atoms with Gasteiger partial charge in [-0.1, -0.05) is 0 Å². The van der Waals surface area contributed by atoms with Crippen molar-refractivity contribution in [3.63, 3.8) is 0 Å². The Morgan fingerprint density at radius 3 is 2.80 bits per heavy atom. The minimum atomic E-state index is -0.130. The topological polar surface area (TPSA) is 27.7 Å². The summed E-state index contributed by atoms with van der Waals surface area (Å²) >= 11 is 5.84.